The SMILES string of the molecule is O=C(O)C(CO)Sc1ccc2c(c1)CCC2. The van der Waals surface area contributed by atoms with Gasteiger partial charge in [-0.15, -0.1) is 11.8 Å². The van der Waals surface area contributed by atoms with Crippen molar-refractivity contribution in [2.75, 3.05) is 6.61 Å². The van der Waals surface area contributed by atoms with Crippen molar-refractivity contribution >= 4 is 17.7 Å². The second-order valence-corrected chi connectivity index (χ2v) is 5.19. The van der Waals surface area contributed by atoms with Crippen molar-refractivity contribution < 1.29 is 15.0 Å². The first-order valence-corrected chi connectivity index (χ1v) is 6.21. The molecule has 0 fully saturated rings. The smallest absolute Gasteiger partial charge is 0.319 e. The van der Waals surface area contributed by atoms with Crippen LogP contribution >= 0.6 is 11.8 Å². The molecule has 0 aliphatic heterocycles. The maximum absolute atomic E-state index is 10.8. The summed E-state index contributed by atoms with van der Waals surface area (Å²) in [5.41, 5.74) is 2.70. The zero-order valence-corrected chi connectivity index (χ0v) is 9.67. The van der Waals surface area contributed by atoms with Gasteiger partial charge < -0.3 is 10.2 Å². The van der Waals surface area contributed by atoms with E-state index in [1.54, 1.807) is 0 Å². The number of carboxylic acids is 1. The Morgan fingerprint density at radius 1 is 1.38 bits per heavy atom. The van der Waals surface area contributed by atoms with Crippen molar-refractivity contribution in [3.63, 3.8) is 0 Å². The van der Waals surface area contributed by atoms with Crippen LogP contribution < -0.4 is 0 Å². The molecule has 1 aliphatic carbocycles. The first-order chi connectivity index (χ1) is 7.70. The molecule has 0 heterocycles. The van der Waals surface area contributed by atoms with E-state index in [0.29, 0.717) is 0 Å². The number of hydrogen-bond acceptors (Lipinski definition) is 3. The third-order valence-corrected chi connectivity index (χ3v) is 3.95. The Morgan fingerprint density at radius 2 is 2.12 bits per heavy atom. The number of fused-ring (bicyclic) bond motifs is 1. The van der Waals surface area contributed by atoms with E-state index in [2.05, 4.69) is 12.1 Å². The molecule has 3 nitrogen and oxygen atoms in total. The first kappa shape index (κ1) is 11.5. The van der Waals surface area contributed by atoms with Crippen LogP contribution in [0.15, 0.2) is 23.1 Å². The van der Waals surface area contributed by atoms with Gasteiger partial charge in [0.15, 0.2) is 0 Å². The van der Waals surface area contributed by atoms with E-state index in [-0.39, 0.29) is 6.61 Å². The number of thioether (sulfide) groups is 1. The van der Waals surface area contributed by atoms with Gasteiger partial charge in [0.1, 0.15) is 5.25 Å². The molecule has 0 bridgehead atoms. The number of aryl methyl sites for hydroxylation is 2. The molecular weight excluding hydrogens is 224 g/mol. The summed E-state index contributed by atoms with van der Waals surface area (Å²) in [6, 6.07) is 6.07. The van der Waals surface area contributed by atoms with Gasteiger partial charge in [0.2, 0.25) is 0 Å². The number of aliphatic hydroxyl groups excluding tert-OH is 1. The van der Waals surface area contributed by atoms with E-state index in [9.17, 15) is 4.79 Å². The van der Waals surface area contributed by atoms with Crippen molar-refractivity contribution in [2.45, 2.75) is 29.4 Å². The molecule has 0 amide bonds. The van der Waals surface area contributed by atoms with E-state index < -0.39 is 11.2 Å². The maximum Gasteiger partial charge on any atom is 0.319 e. The molecular formula is C12H14O3S. The standard InChI is InChI=1S/C12H14O3S/c13-7-11(12(14)15)16-10-5-4-8-2-1-3-9(8)6-10/h4-6,11,13H,1-3,7H2,(H,14,15). The highest BCUT2D eigenvalue weighted by Gasteiger charge is 2.19. The van der Waals surface area contributed by atoms with Crippen LogP contribution in [0.5, 0.6) is 0 Å². The molecule has 1 aromatic rings. The van der Waals surface area contributed by atoms with Crippen LogP contribution in [0.4, 0.5) is 0 Å². The summed E-state index contributed by atoms with van der Waals surface area (Å²) in [5, 5.41) is 17.0. The number of hydrogen-bond donors (Lipinski definition) is 2. The van der Waals surface area contributed by atoms with Gasteiger partial charge in [0.05, 0.1) is 6.61 Å². The third kappa shape index (κ3) is 2.39. The maximum atomic E-state index is 10.8. The Bertz CT molecular complexity index is 403. The zero-order valence-electron chi connectivity index (χ0n) is 8.85. The summed E-state index contributed by atoms with van der Waals surface area (Å²) >= 11 is 1.21. The molecule has 1 aliphatic rings. The molecule has 2 rings (SSSR count). The molecule has 4 heteroatoms. The summed E-state index contributed by atoms with van der Waals surface area (Å²) < 4.78 is 0. The van der Waals surface area contributed by atoms with E-state index in [4.69, 9.17) is 10.2 Å². The summed E-state index contributed by atoms with van der Waals surface area (Å²) in [6.45, 7) is -0.336. The second-order valence-electron chi connectivity index (χ2n) is 3.91. The molecule has 0 spiro atoms. The highest BCUT2D eigenvalue weighted by Crippen LogP contribution is 2.29. The Labute approximate surface area is 98.5 Å². The van der Waals surface area contributed by atoms with Crippen LogP contribution in [0.25, 0.3) is 0 Å². The lowest BCUT2D eigenvalue weighted by molar-refractivity contribution is -0.137. The minimum absolute atomic E-state index is 0.336. The fourth-order valence-electron chi connectivity index (χ4n) is 1.95. The lowest BCUT2D eigenvalue weighted by atomic mass is 10.1. The van der Waals surface area contributed by atoms with Crippen LogP contribution in [0.3, 0.4) is 0 Å². The highest BCUT2D eigenvalue weighted by molar-refractivity contribution is 8.00. The van der Waals surface area contributed by atoms with Gasteiger partial charge in [-0.05, 0) is 42.5 Å². The molecule has 1 unspecified atom stereocenters. The van der Waals surface area contributed by atoms with Gasteiger partial charge in [-0.2, -0.15) is 0 Å². The summed E-state index contributed by atoms with van der Waals surface area (Å²) in [4.78, 5) is 11.7. The number of aliphatic carboxylic acids is 1. The summed E-state index contributed by atoms with van der Waals surface area (Å²) in [6.07, 6.45) is 3.40. The molecule has 2 N–H and O–H groups in total. The van der Waals surface area contributed by atoms with E-state index in [1.165, 1.54) is 29.3 Å². The molecule has 1 atom stereocenters. The summed E-state index contributed by atoms with van der Waals surface area (Å²) in [7, 11) is 0. The predicted molar refractivity (Wildman–Crippen MR) is 62.8 cm³/mol. The Kier molecular flexibility index (Phi) is 3.51. The quantitative estimate of drug-likeness (QED) is 0.784. The van der Waals surface area contributed by atoms with E-state index in [1.807, 2.05) is 6.07 Å². The number of benzene rings is 1. The summed E-state index contributed by atoms with van der Waals surface area (Å²) in [5.74, 6) is -0.965. The Hall–Kier alpha value is -1.00. The van der Waals surface area contributed by atoms with Gasteiger partial charge in [-0.1, -0.05) is 6.07 Å². The third-order valence-electron chi connectivity index (χ3n) is 2.79. The van der Waals surface area contributed by atoms with Gasteiger partial charge in [0.25, 0.3) is 0 Å². The average molecular weight is 238 g/mol. The monoisotopic (exact) mass is 238 g/mol. The fourth-order valence-corrected chi connectivity index (χ4v) is 2.81. The van der Waals surface area contributed by atoms with Crippen LogP contribution in [0.2, 0.25) is 0 Å². The fraction of sp³-hybridized carbons (Fsp3) is 0.417. The lowest BCUT2D eigenvalue weighted by Gasteiger charge is -2.09. The largest absolute Gasteiger partial charge is 0.480 e. The average Bonchev–Trinajstić information content (AvgIpc) is 2.72. The van der Waals surface area contributed by atoms with Crippen LogP contribution in [-0.2, 0) is 17.6 Å². The van der Waals surface area contributed by atoms with Crippen LogP contribution in [0, 0.1) is 0 Å². The molecule has 86 valence electrons. The first-order valence-electron chi connectivity index (χ1n) is 5.33. The molecule has 1 aromatic carbocycles. The molecule has 0 saturated carbocycles. The minimum atomic E-state index is -0.965. The van der Waals surface area contributed by atoms with Crippen LogP contribution in [0.1, 0.15) is 17.5 Å². The van der Waals surface area contributed by atoms with Gasteiger partial charge in [-0.3, -0.25) is 4.79 Å². The minimum Gasteiger partial charge on any atom is -0.480 e. The highest BCUT2D eigenvalue weighted by atomic mass is 32.2. The van der Waals surface area contributed by atoms with E-state index in [0.717, 1.165) is 17.7 Å². The van der Waals surface area contributed by atoms with Crippen molar-refractivity contribution in [2.24, 2.45) is 0 Å². The van der Waals surface area contributed by atoms with Crippen molar-refractivity contribution in [1.82, 2.24) is 0 Å². The number of aliphatic hydroxyl groups is 1. The number of carboxylic acid groups (broad SMARTS) is 1. The van der Waals surface area contributed by atoms with Crippen molar-refractivity contribution in [1.29, 1.82) is 0 Å². The molecule has 0 aromatic heterocycles. The molecule has 0 saturated heterocycles. The zero-order chi connectivity index (χ0) is 11.5. The van der Waals surface area contributed by atoms with Gasteiger partial charge in [-0.25, -0.2) is 0 Å². The number of rotatable bonds is 4. The van der Waals surface area contributed by atoms with Crippen molar-refractivity contribution in [3.05, 3.63) is 29.3 Å². The van der Waals surface area contributed by atoms with E-state index >= 15 is 0 Å². The Balaban J connectivity index is 2.13. The van der Waals surface area contributed by atoms with Gasteiger partial charge in [0, 0.05) is 4.90 Å². The van der Waals surface area contributed by atoms with Gasteiger partial charge >= 0.3 is 5.97 Å². The number of carbonyl (C=O) groups is 1. The lowest BCUT2D eigenvalue weighted by Crippen LogP contribution is -2.20. The Morgan fingerprint density at radius 3 is 2.81 bits per heavy atom. The molecule has 16 heavy (non-hydrogen) atoms. The topological polar surface area (TPSA) is 57.5 Å². The normalized spacial score (nSPS) is 15.8. The predicted octanol–water partition coefficient (Wildman–Crippen LogP) is 1.71. The second kappa shape index (κ2) is 4.89. The molecule has 0 radical (unpaired) electrons. The van der Waals surface area contributed by atoms with Crippen molar-refractivity contribution in [3.8, 4) is 0 Å². The van der Waals surface area contributed by atoms with Crippen LogP contribution in [-0.4, -0.2) is 28.0 Å².